The maximum Gasteiger partial charge on any atom is 0.208 e. The van der Waals surface area contributed by atoms with E-state index in [1.807, 2.05) is 30.8 Å². The van der Waals surface area contributed by atoms with Crippen molar-refractivity contribution in [2.75, 3.05) is 31.3 Å². The van der Waals surface area contributed by atoms with Crippen molar-refractivity contribution in [3.8, 4) is 0 Å². The Morgan fingerprint density at radius 3 is 2.69 bits per heavy atom. The average Bonchev–Trinajstić information content (AvgIpc) is 2.84. The van der Waals surface area contributed by atoms with E-state index in [-0.39, 0.29) is 0 Å². The number of anilines is 1. The van der Waals surface area contributed by atoms with Gasteiger partial charge in [0.25, 0.3) is 0 Å². The first kappa shape index (κ1) is 12.1. The zero-order valence-electron chi connectivity index (χ0n) is 9.77. The summed E-state index contributed by atoms with van der Waals surface area (Å²) < 4.78 is 1.08. The van der Waals surface area contributed by atoms with Crippen LogP contribution in [0.3, 0.4) is 0 Å². The second-order valence-electron chi connectivity index (χ2n) is 4.57. The summed E-state index contributed by atoms with van der Waals surface area (Å²) in [6.07, 6.45) is 3.81. The molecule has 0 aromatic carbocycles. The van der Waals surface area contributed by atoms with Crippen molar-refractivity contribution in [3.63, 3.8) is 0 Å². The number of nitrogens with two attached hydrogens (primary N) is 1. The summed E-state index contributed by atoms with van der Waals surface area (Å²) in [4.78, 5) is 1.99. The molecule has 1 aliphatic rings. The lowest BCUT2D eigenvalue weighted by Gasteiger charge is -2.11. The standard InChI is InChI=1S/C10H18N4S2/c1-14(2)8-12-13-9(16-8)15-7-10(3-4-10)5-6-11/h3-7,11H2,1-2H3. The van der Waals surface area contributed by atoms with Gasteiger partial charge in [0.15, 0.2) is 4.34 Å². The van der Waals surface area contributed by atoms with Crippen LogP contribution in [0.1, 0.15) is 19.3 Å². The topological polar surface area (TPSA) is 55.0 Å². The Bertz CT molecular complexity index is 346. The van der Waals surface area contributed by atoms with E-state index in [1.165, 1.54) is 12.8 Å². The highest BCUT2D eigenvalue weighted by molar-refractivity contribution is 8.01. The highest BCUT2D eigenvalue weighted by Gasteiger charge is 2.41. The molecule has 1 aromatic heterocycles. The third-order valence-corrected chi connectivity index (χ3v) is 5.49. The van der Waals surface area contributed by atoms with Crippen LogP contribution < -0.4 is 10.6 Å². The summed E-state index contributed by atoms with van der Waals surface area (Å²) in [7, 11) is 3.98. The summed E-state index contributed by atoms with van der Waals surface area (Å²) >= 11 is 3.49. The van der Waals surface area contributed by atoms with Gasteiger partial charge in [-0.3, -0.25) is 0 Å². The predicted molar refractivity (Wildman–Crippen MR) is 70.3 cm³/mol. The highest BCUT2D eigenvalue weighted by Crippen LogP contribution is 2.51. The van der Waals surface area contributed by atoms with Crippen molar-refractivity contribution < 1.29 is 0 Å². The van der Waals surface area contributed by atoms with Crippen LogP contribution in [0.2, 0.25) is 0 Å². The first-order valence-electron chi connectivity index (χ1n) is 5.49. The molecule has 0 bridgehead atoms. The summed E-state index contributed by atoms with van der Waals surface area (Å²) in [5.74, 6) is 1.15. The lowest BCUT2D eigenvalue weighted by Crippen LogP contribution is -2.11. The molecule has 1 aromatic rings. The normalized spacial score (nSPS) is 17.4. The van der Waals surface area contributed by atoms with Crippen LogP contribution in [-0.4, -0.2) is 36.6 Å². The van der Waals surface area contributed by atoms with E-state index >= 15 is 0 Å². The van der Waals surface area contributed by atoms with Gasteiger partial charge in [0.05, 0.1) is 0 Å². The minimum absolute atomic E-state index is 0.517. The Hall–Kier alpha value is -0.330. The smallest absolute Gasteiger partial charge is 0.208 e. The van der Waals surface area contributed by atoms with E-state index in [1.54, 1.807) is 11.3 Å². The molecule has 6 heteroatoms. The van der Waals surface area contributed by atoms with Gasteiger partial charge in [0.2, 0.25) is 5.13 Å². The fraction of sp³-hybridized carbons (Fsp3) is 0.800. The van der Waals surface area contributed by atoms with Crippen molar-refractivity contribution in [1.29, 1.82) is 0 Å². The molecule has 0 amide bonds. The highest BCUT2D eigenvalue weighted by atomic mass is 32.2. The number of hydrogen-bond acceptors (Lipinski definition) is 6. The molecule has 2 rings (SSSR count). The molecule has 2 N–H and O–H groups in total. The molecule has 90 valence electrons. The Morgan fingerprint density at radius 2 is 2.19 bits per heavy atom. The molecule has 0 atom stereocenters. The van der Waals surface area contributed by atoms with Gasteiger partial charge in [-0.1, -0.05) is 23.1 Å². The average molecular weight is 258 g/mol. The van der Waals surface area contributed by atoms with Crippen molar-refractivity contribution >= 4 is 28.2 Å². The van der Waals surface area contributed by atoms with Gasteiger partial charge >= 0.3 is 0 Å². The molecule has 1 saturated carbocycles. The van der Waals surface area contributed by atoms with E-state index < -0.39 is 0 Å². The molecule has 1 fully saturated rings. The maximum absolute atomic E-state index is 5.63. The molecular formula is C10H18N4S2. The summed E-state index contributed by atoms with van der Waals surface area (Å²) in [6, 6.07) is 0. The Morgan fingerprint density at radius 1 is 1.44 bits per heavy atom. The first-order chi connectivity index (χ1) is 7.65. The third-order valence-electron chi connectivity index (χ3n) is 2.91. The van der Waals surface area contributed by atoms with Crippen LogP contribution in [0.5, 0.6) is 0 Å². The minimum atomic E-state index is 0.517. The zero-order valence-corrected chi connectivity index (χ0v) is 11.4. The van der Waals surface area contributed by atoms with Gasteiger partial charge in [-0.05, 0) is 31.2 Å². The third kappa shape index (κ3) is 2.87. The molecule has 16 heavy (non-hydrogen) atoms. The summed E-state index contributed by atoms with van der Waals surface area (Å²) in [6.45, 7) is 0.805. The Labute approximate surface area is 105 Å². The number of thioether (sulfide) groups is 1. The second-order valence-corrected chi connectivity index (χ2v) is 6.75. The van der Waals surface area contributed by atoms with Crippen LogP contribution in [0.4, 0.5) is 5.13 Å². The lowest BCUT2D eigenvalue weighted by atomic mass is 10.1. The van der Waals surface area contributed by atoms with E-state index in [0.29, 0.717) is 5.41 Å². The van der Waals surface area contributed by atoms with Crippen molar-refractivity contribution in [2.24, 2.45) is 11.1 Å². The van der Waals surface area contributed by atoms with Gasteiger partial charge in [-0.15, -0.1) is 10.2 Å². The van der Waals surface area contributed by atoms with Gasteiger partial charge in [-0.25, -0.2) is 0 Å². The molecule has 0 unspecified atom stereocenters. The quantitative estimate of drug-likeness (QED) is 0.789. The number of aromatic nitrogens is 2. The van der Waals surface area contributed by atoms with Crippen molar-refractivity contribution in [2.45, 2.75) is 23.6 Å². The molecule has 1 heterocycles. The van der Waals surface area contributed by atoms with E-state index in [4.69, 9.17) is 5.73 Å². The second kappa shape index (κ2) is 4.89. The monoisotopic (exact) mass is 258 g/mol. The lowest BCUT2D eigenvalue weighted by molar-refractivity contribution is 0.537. The van der Waals surface area contributed by atoms with E-state index in [2.05, 4.69) is 10.2 Å². The van der Waals surface area contributed by atoms with Gasteiger partial charge in [-0.2, -0.15) is 0 Å². The van der Waals surface area contributed by atoms with E-state index in [9.17, 15) is 0 Å². The molecule has 0 radical (unpaired) electrons. The molecule has 0 saturated heterocycles. The molecule has 1 aliphatic carbocycles. The van der Waals surface area contributed by atoms with Crippen LogP contribution in [0.15, 0.2) is 4.34 Å². The molecule has 4 nitrogen and oxygen atoms in total. The summed E-state index contributed by atoms with van der Waals surface area (Å²) in [5, 5.41) is 9.30. The van der Waals surface area contributed by atoms with Gasteiger partial charge < -0.3 is 10.6 Å². The number of nitrogens with zero attached hydrogens (tertiary/aromatic N) is 3. The molecule has 0 spiro atoms. The minimum Gasteiger partial charge on any atom is -0.353 e. The van der Waals surface area contributed by atoms with Crippen LogP contribution >= 0.6 is 23.1 Å². The SMILES string of the molecule is CN(C)c1nnc(SCC2(CCN)CC2)s1. The van der Waals surface area contributed by atoms with E-state index in [0.717, 1.165) is 28.2 Å². The van der Waals surface area contributed by atoms with Crippen LogP contribution in [0, 0.1) is 5.41 Å². The van der Waals surface area contributed by atoms with Gasteiger partial charge in [0, 0.05) is 19.8 Å². The van der Waals surface area contributed by atoms with Crippen LogP contribution in [0.25, 0.3) is 0 Å². The fourth-order valence-corrected chi connectivity index (χ4v) is 3.71. The first-order valence-corrected chi connectivity index (χ1v) is 7.29. The Balaban J connectivity index is 1.85. The fourth-order valence-electron chi connectivity index (χ4n) is 1.61. The number of rotatable bonds is 6. The maximum atomic E-state index is 5.63. The zero-order chi connectivity index (χ0) is 11.6. The van der Waals surface area contributed by atoms with Crippen LogP contribution in [-0.2, 0) is 0 Å². The Kier molecular flexibility index (Phi) is 3.71. The molecule has 0 aliphatic heterocycles. The van der Waals surface area contributed by atoms with Crippen molar-refractivity contribution in [3.05, 3.63) is 0 Å². The predicted octanol–water partition coefficient (Wildman–Crippen LogP) is 1.83. The summed E-state index contributed by atoms with van der Waals surface area (Å²) in [5.41, 5.74) is 6.14. The largest absolute Gasteiger partial charge is 0.353 e. The van der Waals surface area contributed by atoms with Gasteiger partial charge in [0.1, 0.15) is 0 Å². The number of hydrogen-bond donors (Lipinski definition) is 1. The molecular weight excluding hydrogens is 240 g/mol. The van der Waals surface area contributed by atoms with Crippen molar-refractivity contribution in [1.82, 2.24) is 10.2 Å².